The summed E-state index contributed by atoms with van der Waals surface area (Å²) in [5, 5.41) is 9.64. The molecule has 104 valence electrons. The monoisotopic (exact) mass is 380 g/mol. The Bertz CT molecular complexity index is 707. The number of nitrogens with zero attached hydrogens (tertiary/aromatic N) is 2. The van der Waals surface area contributed by atoms with Crippen molar-refractivity contribution in [1.29, 1.82) is 0 Å². The maximum atomic E-state index is 9.64. The standard InChI is InChI=1S/C16H17N2O.HI/c1-17-14-9-5-6-10-15(14)18(16(17)12-19)11-13-7-3-2-4-8-13;/h2-10,19H,11-12H2,1H3;1H/q+1;/p-1. The third-order valence-electron chi connectivity index (χ3n) is 3.56. The van der Waals surface area contributed by atoms with Gasteiger partial charge in [0.2, 0.25) is 0 Å². The summed E-state index contributed by atoms with van der Waals surface area (Å²) in [6.45, 7) is 0.816. The van der Waals surface area contributed by atoms with Crippen LogP contribution in [0.1, 0.15) is 11.4 Å². The Morgan fingerprint density at radius 3 is 2.35 bits per heavy atom. The highest BCUT2D eigenvalue weighted by molar-refractivity contribution is 5.72. The van der Waals surface area contributed by atoms with E-state index in [2.05, 4.69) is 33.4 Å². The number of aliphatic hydroxyl groups is 1. The van der Waals surface area contributed by atoms with Crippen LogP contribution in [0.25, 0.3) is 11.0 Å². The van der Waals surface area contributed by atoms with Crippen LogP contribution in [0.2, 0.25) is 0 Å². The molecular formula is C16H17IN2O. The van der Waals surface area contributed by atoms with Crippen molar-refractivity contribution in [2.24, 2.45) is 7.05 Å². The minimum absolute atomic E-state index is 0. The summed E-state index contributed by atoms with van der Waals surface area (Å²) in [5.74, 6) is 0.921. The molecule has 0 atom stereocenters. The smallest absolute Gasteiger partial charge is 0.283 e. The highest BCUT2D eigenvalue weighted by Crippen LogP contribution is 2.16. The van der Waals surface area contributed by atoms with Gasteiger partial charge in [-0.05, 0) is 17.7 Å². The average molecular weight is 380 g/mol. The van der Waals surface area contributed by atoms with Gasteiger partial charge in [-0.1, -0.05) is 42.5 Å². The lowest BCUT2D eigenvalue weighted by molar-refractivity contribution is -0.656. The Morgan fingerprint density at radius 1 is 1.00 bits per heavy atom. The van der Waals surface area contributed by atoms with Gasteiger partial charge < -0.3 is 29.1 Å². The molecule has 0 saturated carbocycles. The van der Waals surface area contributed by atoms with E-state index >= 15 is 0 Å². The van der Waals surface area contributed by atoms with Gasteiger partial charge >= 0.3 is 0 Å². The highest BCUT2D eigenvalue weighted by atomic mass is 127. The molecule has 0 spiro atoms. The minimum atomic E-state index is 0. The predicted octanol–water partition coefficient (Wildman–Crippen LogP) is -0.990. The first-order chi connectivity index (χ1) is 9.31. The van der Waals surface area contributed by atoms with Crippen molar-refractivity contribution in [1.82, 2.24) is 4.57 Å². The lowest BCUT2D eigenvalue weighted by Crippen LogP contribution is -3.00. The lowest BCUT2D eigenvalue weighted by Gasteiger charge is -2.01. The van der Waals surface area contributed by atoms with Crippen molar-refractivity contribution >= 4 is 11.0 Å². The van der Waals surface area contributed by atoms with Crippen LogP contribution in [-0.2, 0) is 20.2 Å². The molecular weight excluding hydrogens is 363 g/mol. The number of fused-ring (bicyclic) bond motifs is 1. The van der Waals surface area contributed by atoms with Crippen LogP contribution in [0, 0.1) is 0 Å². The van der Waals surface area contributed by atoms with Crippen molar-refractivity contribution in [2.75, 3.05) is 0 Å². The molecule has 20 heavy (non-hydrogen) atoms. The quantitative estimate of drug-likeness (QED) is 0.459. The van der Waals surface area contributed by atoms with Crippen LogP contribution in [0.3, 0.4) is 0 Å². The van der Waals surface area contributed by atoms with Crippen LogP contribution in [-0.4, -0.2) is 9.67 Å². The van der Waals surface area contributed by atoms with Gasteiger partial charge in [-0.2, -0.15) is 0 Å². The Morgan fingerprint density at radius 2 is 1.65 bits per heavy atom. The summed E-state index contributed by atoms with van der Waals surface area (Å²) in [4.78, 5) is 0. The number of halogens is 1. The van der Waals surface area contributed by atoms with Crippen LogP contribution in [0.5, 0.6) is 0 Å². The van der Waals surface area contributed by atoms with Crippen molar-refractivity contribution in [3.8, 4) is 0 Å². The number of hydrogen-bond acceptors (Lipinski definition) is 1. The minimum Gasteiger partial charge on any atom is -1.00 e. The molecule has 0 radical (unpaired) electrons. The van der Waals surface area contributed by atoms with Crippen molar-refractivity contribution < 1.29 is 33.7 Å². The van der Waals surface area contributed by atoms with Gasteiger partial charge in [-0.25, -0.2) is 9.13 Å². The zero-order chi connectivity index (χ0) is 13.2. The Balaban J connectivity index is 0.00000147. The maximum Gasteiger partial charge on any atom is 0.283 e. The Kier molecular flexibility index (Phi) is 4.77. The summed E-state index contributed by atoms with van der Waals surface area (Å²) in [6.07, 6.45) is 0. The van der Waals surface area contributed by atoms with Crippen LogP contribution >= 0.6 is 0 Å². The van der Waals surface area contributed by atoms with E-state index in [1.165, 1.54) is 5.56 Å². The molecule has 0 bridgehead atoms. The molecule has 0 fully saturated rings. The number of imidazole rings is 1. The van der Waals surface area contributed by atoms with E-state index in [0.29, 0.717) is 0 Å². The van der Waals surface area contributed by atoms with Crippen molar-refractivity contribution in [3.63, 3.8) is 0 Å². The Hall–Kier alpha value is -1.40. The molecule has 2 aromatic carbocycles. The predicted molar refractivity (Wildman–Crippen MR) is 74.6 cm³/mol. The third-order valence-corrected chi connectivity index (χ3v) is 3.56. The molecule has 1 N–H and O–H groups in total. The lowest BCUT2D eigenvalue weighted by atomic mass is 10.2. The molecule has 3 nitrogen and oxygen atoms in total. The Labute approximate surface area is 135 Å². The van der Waals surface area contributed by atoms with E-state index in [1.807, 2.05) is 37.4 Å². The molecule has 3 aromatic rings. The number of aryl methyl sites for hydroxylation is 1. The summed E-state index contributed by atoms with van der Waals surface area (Å²) < 4.78 is 4.23. The molecule has 1 heterocycles. The fourth-order valence-electron chi connectivity index (χ4n) is 2.57. The number of para-hydroxylation sites is 2. The van der Waals surface area contributed by atoms with E-state index in [-0.39, 0.29) is 30.6 Å². The molecule has 0 aliphatic heterocycles. The second kappa shape index (κ2) is 6.37. The van der Waals surface area contributed by atoms with Crippen molar-refractivity contribution in [3.05, 3.63) is 66.0 Å². The van der Waals surface area contributed by atoms with Gasteiger partial charge in [0.05, 0.1) is 7.05 Å². The second-order valence-electron chi connectivity index (χ2n) is 4.69. The summed E-state index contributed by atoms with van der Waals surface area (Å²) in [5.41, 5.74) is 3.53. The average Bonchev–Trinajstić information content (AvgIpc) is 2.73. The number of benzene rings is 2. The van der Waals surface area contributed by atoms with Crippen LogP contribution < -0.4 is 28.5 Å². The number of rotatable bonds is 3. The largest absolute Gasteiger partial charge is 1.00 e. The third kappa shape index (κ3) is 2.58. The number of hydrogen-bond donors (Lipinski definition) is 1. The van der Waals surface area contributed by atoms with E-state index in [4.69, 9.17) is 0 Å². The van der Waals surface area contributed by atoms with E-state index in [1.54, 1.807) is 0 Å². The summed E-state index contributed by atoms with van der Waals surface area (Å²) in [6, 6.07) is 18.5. The highest BCUT2D eigenvalue weighted by Gasteiger charge is 2.21. The van der Waals surface area contributed by atoms with Gasteiger partial charge in [-0.3, -0.25) is 0 Å². The first-order valence-corrected chi connectivity index (χ1v) is 6.42. The van der Waals surface area contributed by atoms with Gasteiger partial charge in [0.1, 0.15) is 13.2 Å². The molecule has 0 aliphatic rings. The van der Waals surface area contributed by atoms with Crippen molar-refractivity contribution in [2.45, 2.75) is 13.2 Å². The zero-order valence-electron chi connectivity index (χ0n) is 11.3. The van der Waals surface area contributed by atoms with E-state index < -0.39 is 0 Å². The summed E-state index contributed by atoms with van der Waals surface area (Å²) in [7, 11) is 2.00. The normalized spacial score (nSPS) is 10.5. The van der Waals surface area contributed by atoms with Gasteiger partial charge in [0.25, 0.3) is 5.82 Å². The summed E-state index contributed by atoms with van der Waals surface area (Å²) >= 11 is 0. The maximum absolute atomic E-state index is 9.64. The van der Waals surface area contributed by atoms with Gasteiger partial charge in [0, 0.05) is 0 Å². The number of aliphatic hydroxyl groups excluding tert-OH is 1. The molecule has 0 unspecified atom stereocenters. The van der Waals surface area contributed by atoms with Gasteiger partial charge in [0.15, 0.2) is 11.0 Å². The molecule has 3 rings (SSSR count). The van der Waals surface area contributed by atoms with E-state index in [0.717, 1.165) is 23.4 Å². The fourth-order valence-corrected chi connectivity index (χ4v) is 2.57. The first kappa shape index (κ1) is 15.0. The number of aromatic nitrogens is 2. The molecule has 1 aromatic heterocycles. The van der Waals surface area contributed by atoms with Gasteiger partial charge in [-0.15, -0.1) is 0 Å². The topological polar surface area (TPSA) is 29.0 Å². The SMILES string of the molecule is C[n+]1c(CO)n(Cc2ccccc2)c2ccccc21.[I-]. The fraction of sp³-hybridized carbons (Fsp3) is 0.188. The first-order valence-electron chi connectivity index (χ1n) is 6.42. The second-order valence-corrected chi connectivity index (χ2v) is 4.69. The van der Waals surface area contributed by atoms with E-state index in [9.17, 15) is 5.11 Å². The van der Waals surface area contributed by atoms with Crippen LogP contribution in [0.15, 0.2) is 54.6 Å². The molecule has 4 heteroatoms. The molecule has 0 aliphatic carbocycles. The molecule has 0 saturated heterocycles. The zero-order valence-corrected chi connectivity index (χ0v) is 13.5. The molecule has 0 amide bonds. The van der Waals surface area contributed by atoms with Crippen LogP contribution in [0.4, 0.5) is 0 Å².